The molecule has 0 radical (unpaired) electrons. The zero-order chi connectivity index (χ0) is 18.1. The van der Waals surface area contributed by atoms with Gasteiger partial charge in [-0.2, -0.15) is 0 Å². The molecule has 0 bridgehead atoms. The SMILES string of the molecule is C#C[C@@H]1O[C@@](C)(OC)[C@](C)(OC)O[C@H]1CO[Si](C)(C)C(C)(C)C. The second-order valence-electron chi connectivity index (χ2n) is 7.73. The Balaban J connectivity index is 2.93. The van der Waals surface area contributed by atoms with Gasteiger partial charge in [0.05, 0.1) is 6.61 Å². The maximum atomic E-state index is 6.25. The van der Waals surface area contributed by atoms with Gasteiger partial charge in [-0.25, -0.2) is 0 Å². The van der Waals surface area contributed by atoms with E-state index in [2.05, 4.69) is 39.8 Å². The molecule has 1 saturated heterocycles. The molecular weight excluding hydrogens is 312 g/mol. The first kappa shape index (κ1) is 20.6. The summed E-state index contributed by atoms with van der Waals surface area (Å²) in [5.41, 5.74) is 0. The molecule has 1 fully saturated rings. The minimum atomic E-state index is -1.91. The second kappa shape index (κ2) is 6.83. The Kier molecular flexibility index (Phi) is 6.12. The van der Waals surface area contributed by atoms with Crippen LogP contribution < -0.4 is 0 Å². The molecular formula is C17H32O5Si. The van der Waals surface area contributed by atoms with Crippen LogP contribution in [0.15, 0.2) is 0 Å². The lowest BCUT2D eigenvalue weighted by molar-refractivity contribution is -0.442. The van der Waals surface area contributed by atoms with Crippen molar-refractivity contribution in [3.8, 4) is 12.3 Å². The standard InChI is InChI=1S/C17H32O5Si/c1-11-13-14(12-20-23(9,10)15(2,3)4)22-17(6,19-8)16(5,18-7)21-13/h1,13-14H,12H2,2-10H3/t13-,14-,16+,17+/m0/s1. The minimum absolute atomic E-state index is 0.111. The van der Waals surface area contributed by atoms with Crippen LogP contribution in [0.5, 0.6) is 0 Å². The first-order chi connectivity index (χ1) is 10.4. The van der Waals surface area contributed by atoms with Crippen LogP contribution in [0.25, 0.3) is 0 Å². The van der Waals surface area contributed by atoms with Gasteiger partial charge in [0, 0.05) is 14.2 Å². The van der Waals surface area contributed by atoms with Crippen molar-refractivity contribution in [3.05, 3.63) is 0 Å². The molecule has 1 aliphatic rings. The van der Waals surface area contributed by atoms with Crippen molar-refractivity contribution in [2.24, 2.45) is 0 Å². The number of ether oxygens (including phenoxy) is 4. The van der Waals surface area contributed by atoms with Gasteiger partial charge >= 0.3 is 0 Å². The molecule has 0 spiro atoms. The zero-order valence-corrected chi connectivity index (χ0v) is 17.0. The molecule has 5 nitrogen and oxygen atoms in total. The number of hydrogen-bond acceptors (Lipinski definition) is 5. The highest BCUT2D eigenvalue weighted by atomic mass is 28.4. The summed E-state index contributed by atoms with van der Waals surface area (Å²) in [6.07, 6.45) is 4.65. The average Bonchev–Trinajstić information content (AvgIpc) is 2.46. The lowest BCUT2D eigenvalue weighted by atomic mass is 10.0. The summed E-state index contributed by atoms with van der Waals surface area (Å²) in [5, 5.41) is 0.111. The zero-order valence-electron chi connectivity index (χ0n) is 16.0. The van der Waals surface area contributed by atoms with Crippen LogP contribution in [0.2, 0.25) is 18.1 Å². The molecule has 0 N–H and O–H groups in total. The van der Waals surface area contributed by atoms with Gasteiger partial charge in [0.2, 0.25) is 11.6 Å². The highest BCUT2D eigenvalue weighted by molar-refractivity contribution is 6.74. The normalized spacial score (nSPS) is 35.8. The quantitative estimate of drug-likeness (QED) is 0.566. The molecule has 0 aromatic heterocycles. The van der Waals surface area contributed by atoms with Crippen molar-refractivity contribution < 1.29 is 23.4 Å². The van der Waals surface area contributed by atoms with Gasteiger partial charge in [-0.1, -0.05) is 26.7 Å². The fourth-order valence-electron chi connectivity index (χ4n) is 2.12. The molecule has 23 heavy (non-hydrogen) atoms. The summed E-state index contributed by atoms with van der Waals surface area (Å²) in [7, 11) is 1.19. The number of terminal acetylenes is 1. The van der Waals surface area contributed by atoms with E-state index in [1.807, 2.05) is 0 Å². The molecule has 134 valence electrons. The molecule has 1 rings (SSSR count). The van der Waals surface area contributed by atoms with Crippen LogP contribution in [0, 0.1) is 12.3 Å². The molecule has 6 heteroatoms. The van der Waals surface area contributed by atoms with Crippen molar-refractivity contribution in [2.45, 2.75) is 76.5 Å². The van der Waals surface area contributed by atoms with Gasteiger partial charge in [-0.3, -0.25) is 0 Å². The predicted octanol–water partition coefficient (Wildman–Crippen LogP) is 3.15. The Morgan fingerprint density at radius 2 is 1.57 bits per heavy atom. The van der Waals surface area contributed by atoms with Crippen LogP contribution in [-0.2, 0) is 23.4 Å². The van der Waals surface area contributed by atoms with Gasteiger partial charge < -0.3 is 23.4 Å². The Bertz CT molecular complexity index is 453. The van der Waals surface area contributed by atoms with Crippen LogP contribution >= 0.6 is 0 Å². The number of hydrogen-bond donors (Lipinski definition) is 0. The lowest BCUT2D eigenvalue weighted by Gasteiger charge is -2.51. The minimum Gasteiger partial charge on any atom is -0.414 e. The lowest BCUT2D eigenvalue weighted by Crippen LogP contribution is -2.66. The smallest absolute Gasteiger partial charge is 0.221 e. The molecule has 1 aliphatic heterocycles. The fourth-order valence-corrected chi connectivity index (χ4v) is 3.13. The van der Waals surface area contributed by atoms with Crippen molar-refractivity contribution in [1.29, 1.82) is 0 Å². The van der Waals surface area contributed by atoms with Crippen molar-refractivity contribution >= 4 is 8.32 Å². The second-order valence-corrected chi connectivity index (χ2v) is 12.5. The number of methoxy groups -OCH3 is 2. The summed E-state index contributed by atoms with van der Waals surface area (Å²) in [6, 6.07) is 0. The highest BCUT2D eigenvalue weighted by Crippen LogP contribution is 2.41. The monoisotopic (exact) mass is 344 g/mol. The van der Waals surface area contributed by atoms with E-state index in [1.54, 1.807) is 28.1 Å². The molecule has 0 aromatic rings. The average molecular weight is 345 g/mol. The van der Waals surface area contributed by atoms with E-state index in [9.17, 15) is 0 Å². The molecule has 0 aromatic carbocycles. The van der Waals surface area contributed by atoms with Crippen molar-refractivity contribution in [2.75, 3.05) is 20.8 Å². The maximum absolute atomic E-state index is 6.25. The summed E-state index contributed by atoms with van der Waals surface area (Å²) in [6.45, 7) is 14.9. The predicted molar refractivity (Wildman–Crippen MR) is 92.6 cm³/mol. The third kappa shape index (κ3) is 3.98. The van der Waals surface area contributed by atoms with E-state index >= 15 is 0 Å². The Morgan fingerprint density at radius 1 is 1.09 bits per heavy atom. The third-order valence-electron chi connectivity index (χ3n) is 5.25. The first-order valence-corrected chi connectivity index (χ1v) is 10.8. The largest absolute Gasteiger partial charge is 0.414 e. The van der Waals surface area contributed by atoms with E-state index < -0.39 is 32.1 Å². The first-order valence-electron chi connectivity index (χ1n) is 7.92. The summed E-state index contributed by atoms with van der Waals surface area (Å²) in [5.74, 6) is 0.469. The van der Waals surface area contributed by atoms with E-state index in [0.29, 0.717) is 6.61 Å². The number of rotatable bonds is 5. The molecule has 1 heterocycles. The summed E-state index contributed by atoms with van der Waals surface area (Å²) >= 11 is 0. The topological polar surface area (TPSA) is 46.2 Å². The van der Waals surface area contributed by atoms with Gasteiger partial charge in [0.25, 0.3) is 0 Å². The Hall–Kier alpha value is -0.423. The molecule has 4 atom stereocenters. The molecule has 0 unspecified atom stereocenters. The maximum Gasteiger partial charge on any atom is 0.221 e. The van der Waals surface area contributed by atoms with Crippen molar-refractivity contribution in [3.63, 3.8) is 0 Å². The van der Waals surface area contributed by atoms with Gasteiger partial charge in [-0.15, -0.1) is 6.42 Å². The molecule has 0 aliphatic carbocycles. The van der Waals surface area contributed by atoms with E-state index in [1.165, 1.54) is 0 Å². The van der Waals surface area contributed by atoms with E-state index in [-0.39, 0.29) is 5.04 Å². The van der Waals surface area contributed by atoms with E-state index in [4.69, 9.17) is 29.8 Å². The van der Waals surface area contributed by atoms with Gasteiger partial charge in [0.15, 0.2) is 8.32 Å². The Morgan fingerprint density at radius 3 is 1.96 bits per heavy atom. The van der Waals surface area contributed by atoms with Crippen LogP contribution in [-0.4, -0.2) is 52.9 Å². The van der Waals surface area contributed by atoms with Crippen molar-refractivity contribution in [1.82, 2.24) is 0 Å². The Labute approximate surface area is 142 Å². The van der Waals surface area contributed by atoms with Gasteiger partial charge in [0.1, 0.15) is 12.2 Å². The van der Waals surface area contributed by atoms with Crippen LogP contribution in [0.3, 0.4) is 0 Å². The van der Waals surface area contributed by atoms with Crippen LogP contribution in [0.4, 0.5) is 0 Å². The summed E-state index contributed by atoms with van der Waals surface area (Å²) < 4.78 is 29.3. The van der Waals surface area contributed by atoms with Gasteiger partial charge in [-0.05, 0) is 32.0 Å². The van der Waals surface area contributed by atoms with E-state index in [0.717, 1.165) is 0 Å². The van der Waals surface area contributed by atoms with Crippen LogP contribution in [0.1, 0.15) is 34.6 Å². The fraction of sp³-hybridized carbons (Fsp3) is 0.882. The molecule has 0 amide bonds. The summed E-state index contributed by atoms with van der Waals surface area (Å²) in [4.78, 5) is 0. The third-order valence-corrected chi connectivity index (χ3v) is 9.75. The molecule has 0 saturated carbocycles. The highest BCUT2D eigenvalue weighted by Gasteiger charge is 2.56.